The molecule has 2 aromatic heterocycles. The molecule has 4 rings (SSSR count). The fourth-order valence-electron chi connectivity index (χ4n) is 3.76. The largest absolute Gasteiger partial charge is 0.465 e. The van der Waals surface area contributed by atoms with Crippen molar-refractivity contribution in [2.24, 2.45) is 0 Å². The summed E-state index contributed by atoms with van der Waals surface area (Å²) < 4.78 is 2.02. The molecule has 6 nitrogen and oxygen atoms in total. The van der Waals surface area contributed by atoms with Crippen LogP contribution in [0.2, 0.25) is 0 Å². The smallest absolute Gasteiger partial charge is 0.408 e. The molecule has 1 aliphatic heterocycles. The van der Waals surface area contributed by atoms with Crippen LogP contribution < -0.4 is 5.32 Å². The second-order valence-electron chi connectivity index (χ2n) is 6.89. The highest BCUT2D eigenvalue weighted by Crippen LogP contribution is 2.49. The Bertz CT molecular complexity index is 1150. The number of carbonyl (C=O) groups excluding carboxylic acids is 1. The number of amides is 2. The first-order chi connectivity index (χ1) is 13.8. The zero-order valence-electron chi connectivity index (χ0n) is 15.7. The lowest BCUT2D eigenvalue weighted by atomic mass is 9.93. The van der Waals surface area contributed by atoms with Crippen LogP contribution in [0.25, 0.3) is 20.8 Å². The van der Waals surface area contributed by atoms with E-state index in [4.69, 9.17) is 4.98 Å². The number of hydrogen-bond acceptors (Lipinski definition) is 5. The summed E-state index contributed by atoms with van der Waals surface area (Å²) in [5.41, 5.74) is 2.84. The number of nitrogens with zero attached hydrogens (tertiary/aromatic N) is 2. The summed E-state index contributed by atoms with van der Waals surface area (Å²) >= 11 is 6.47. The van der Waals surface area contributed by atoms with Gasteiger partial charge in [-0.1, -0.05) is 22.5 Å². The minimum atomic E-state index is -0.938. The molecule has 29 heavy (non-hydrogen) atoms. The Morgan fingerprint density at radius 1 is 1.38 bits per heavy atom. The van der Waals surface area contributed by atoms with Crippen molar-refractivity contribution in [1.82, 2.24) is 9.88 Å². The quantitative estimate of drug-likeness (QED) is 0.446. The number of anilines is 1. The third-order valence-corrected chi connectivity index (χ3v) is 7.86. The molecule has 0 bridgehead atoms. The van der Waals surface area contributed by atoms with Gasteiger partial charge in [-0.2, -0.15) is 0 Å². The highest BCUT2D eigenvalue weighted by Gasteiger charge is 2.37. The van der Waals surface area contributed by atoms with Gasteiger partial charge in [0.2, 0.25) is 5.91 Å². The van der Waals surface area contributed by atoms with E-state index in [1.54, 1.807) is 11.3 Å². The van der Waals surface area contributed by atoms with E-state index >= 15 is 0 Å². The summed E-state index contributed by atoms with van der Waals surface area (Å²) in [6.45, 7) is 7.33. The lowest BCUT2D eigenvalue weighted by Gasteiger charge is -2.36. The maximum absolute atomic E-state index is 12.1. The fourth-order valence-corrected chi connectivity index (χ4v) is 6.71. The topological polar surface area (TPSA) is 82.5 Å². The number of thiazole rings is 1. The number of rotatable bonds is 3. The Labute approximate surface area is 184 Å². The zero-order chi connectivity index (χ0) is 20.9. The molecular formula is C20H18BrN3O3S2. The Hall–Kier alpha value is -2.23. The van der Waals surface area contributed by atoms with Crippen LogP contribution in [-0.2, 0) is 11.2 Å². The minimum absolute atomic E-state index is 0.171. The van der Waals surface area contributed by atoms with Gasteiger partial charge in [-0.05, 0) is 50.1 Å². The molecule has 0 saturated heterocycles. The van der Waals surface area contributed by atoms with Crippen LogP contribution in [-0.4, -0.2) is 33.0 Å². The molecule has 1 aromatic carbocycles. The van der Waals surface area contributed by atoms with E-state index in [0.717, 1.165) is 35.7 Å². The number of fused-ring (bicyclic) bond motifs is 2. The van der Waals surface area contributed by atoms with E-state index in [1.807, 2.05) is 32.0 Å². The van der Waals surface area contributed by atoms with Crippen molar-refractivity contribution in [2.45, 2.75) is 32.4 Å². The van der Waals surface area contributed by atoms with Gasteiger partial charge in [0.25, 0.3) is 0 Å². The van der Waals surface area contributed by atoms with Crippen molar-refractivity contribution in [3.63, 3.8) is 0 Å². The van der Waals surface area contributed by atoms with E-state index in [9.17, 15) is 14.7 Å². The average Bonchev–Trinajstić information content (AvgIpc) is 3.21. The standard InChI is InChI=1S/C20H18BrN3O3S2/c1-4-15(25)23-19-16(18-22-13-6-5-11(21)8-14(13)28-18)12-7-9(2)24(20(26)27)10(3)17(12)29-19/h4-6,8-10H,1,7H2,2-3H3,(H,23,25)(H,26,27). The second-order valence-corrected chi connectivity index (χ2v) is 9.89. The van der Waals surface area contributed by atoms with Crippen molar-refractivity contribution >= 4 is 65.8 Å². The molecular weight excluding hydrogens is 474 g/mol. The molecule has 150 valence electrons. The minimum Gasteiger partial charge on any atom is -0.465 e. The van der Waals surface area contributed by atoms with E-state index in [-0.39, 0.29) is 18.0 Å². The van der Waals surface area contributed by atoms with Crippen LogP contribution in [0.15, 0.2) is 35.3 Å². The zero-order valence-corrected chi connectivity index (χ0v) is 18.9. The van der Waals surface area contributed by atoms with Gasteiger partial charge in [-0.15, -0.1) is 22.7 Å². The third-order valence-electron chi connectivity index (χ3n) is 5.02. The SMILES string of the molecule is C=CC(=O)Nc1sc2c(c1-c1nc3ccc(Br)cc3s1)CC(C)N(C(=O)O)C2C. The van der Waals surface area contributed by atoms with Crippen molar-refractivity contribution < 1.29 is 14.7 Å². The maximum atomic E-state index is 12.1. The fraction of sp³-hybridized carbons (Fsp3) is 0.250. The van der Waals surface area contributed by atoms with Gasteiger partial charge in [0.05, 0.1) is 16.3 Å². The van der Waals surface area contributed by atoms with Crippen LogP contribution in [0.5, 0.6) is 0 Å². The van der Waals surface area contributed by atoms with Crippen LogP contribution >= 0.6 is 38.6 Å². The molecule has 9 heteroatoms. The molecule has 0 saturated carbocycles. The Morgan fingerprint density at radius 3 is 2.83 bits per heavy atom. The number of benzene rings is 1. The number of aromatic nitrogens is 1. The van der Waals surface area contributed by atoms with Gasteiger partial charge < -0.3 is 10.4 Å². The molecule has 0 spiro atoms. The van der Waals surface area contributed by atoms with Gasteiger partial charge in [0.1, 0.15) is 10.0 Å². The molecule has 3 aromatic rings. The maximum Gasteiger partial charge on any atom is 0.408 e. The average molecular weight is 492 g/mol. The van der Waals surface area contributed by atoms with Gasteiger partial charge >= 0.3 is 6.09 Å². The van der Waals surface area contributed by atoms with E-state index < -0.39 is 6.09 Å². The summed E-state index contributed by atoms with van der Waals surface area (Å²) in [5, 5.41) is 14.0. The molecule has 2 amide bonds. The number of thiophene rings is 1. The van der Waals surface area contributed by atoms with Crippen LogP contribution in [0, 0.1) is 0 Å². The summed E-state index contributed by atoms with van der Waals surface area (Å²) in [7, 11) is 0. The van der Waals surface area contributed by atoms with E-state index in [0.29, 0.717) is 11.4 Å². The highest BCUT2D eigenvalue weighted by atomic mass is 79.9. The number of carboxylic acid groups (broad SMARTS) is 1. The van der Waals surface area contributed by atoms with Crippen LogP contribution in [0.4, 0.5) is 9.80 Å². The number of nitrogens with one attached hydrogen (secondary N) is 1. The first kappa shape index (κ1) is 20.1. The van der Waals surface area contributed by atoms with Crippen molar-refractivity contribution in [3.05, 3.63) is 45.8 Å². The van der Waals surface area contributed by atoms with Gasteiger partial charge in [0.15, 0.2) is 0 Å². The van der Waals surface area contributed by atoms with Crippen molar-refractivity contribution in [1.29, 1.82) is 0 Å². The summed E-state index contributed by atoms with van der Waals surface area (Å²) in [4.78, 5) is 31.0. The van der Waals surface area contributed by atoms with Crippen LogP contribution in [0.3, 0.4) is 0 Å². The summed E-state index contributed by atoms with van der Waals surface area (Å²) in [5.74, 6) is -0.301. The monoisotopic (exact) mass is 491 g/mol. The molecule has 0 aliphatic carbocycles. The molecule has 2 atom stereocenters. The Morgan fingerprint density at radius 2 is 2.14 bits per heavy atom. The van der Waals surface area contributed by atoms with Gasteiger partial charge in [-0.3, -0.25) is 9.69 Å². The Kier molecular flexibility index (Phi) is 5.22. The molecule has 0 radical (unpaired) electrons. The first-order valence-electron chi connectivity index (χ1n) is 8.96. The van der Waals surface area contributed by atoms with Gasteiger partial charge in [0, 0.05) is 21.0 Å². The molecule has 0 fully saturated rings. The molecule has 2 N–H and O–H groups in total. The van der Waals surface area contributed by atoms with Crippen molar-refractivity contribution in [3.8, 4) is 10.6 Å². The predicted molar refractivity (Wildman–Crippen MR) is 121 cm³/mol. The summed E-state index contributed by atoms with van der Waals surface area (Å²) in [6.07, 6.45) is 0.863. The molecule has 3 heterocycles. The molecule has 2 unspecified atom stereocenters. The normalized spacial score (nSPS) is 18.5. The summed E-state index contributed by atoms with van der Waals surface area (Å²) in [6, 6.07) is 5.46. The van der Waals surface area contributed by atoms with Crippen LogP contribution in [0.1, 0.15) is 30.3 Å². The number of halogens is 1. The third kappa shape index (κ3) is 3.47. The second kappa shape index (κ2) is 7.55. The van der Waals surface area contributed by atoms with Crippen molar-refractivity contribution in [2.75, 3.05) is 5.32 Å². The first-order valence-corrected chi connectivity index (χ1v) is 11.4. The lowest BCUT2D eigenvalue weighted by molar-refractivity contribution is -0.111. The highest BCUT2D eigenvalue weighted by molar-refractivity contribution is 9.10. The lowest BCUT2D eigenvalue weighted by Crippen LogP contribution is -2.43. The molecule has 1 aliphatic rings. The number of hydrogen-bond donors (Lipinski definition) is 2. The number of carbonyl (C=O) groups is 2. The van der Waals surface area contributed by atoms with E-state index in [2.05, 4.69) is 27.8 Å². The Balaban J connectivity index is 1.91. The van der Waals surface area contributed by atoms with E-state index in [1.165, 1.54) is 22.3 Å². The van der Waals surface area contributed by atoms with Gasteiger partial charge in [-0.25, -0.2) is 9.78 Å². The predicted octanol–water partition coefficient (Wildman–Crippen LogP) is 5.90.